The van der Waals surface area contributed by atoms with Gasteiger partial charge in [0.2, 0.25) is 17.7 Å². The minimum Gasteiger partial charge on any atom is -0.324 e. The Kier molecular flexibility index (Phi) is 4.15. The lowest BCUT2D eigenvalue weighted by Crippen LogP contribution is -2.54. The molecule has 2 aromatic rings. The average Bonchev–Trinajstić information content (AvgIpc) is 3.50. The van der Waals surface area contributed by atoms with Crippen molar-refractivity contribution in [3.63, 3.8) is 0 Å². The molecule has 174 valence electrons. The summed E-state index contributed by atoms with van der Waals surface area (Å²) in [5.41, 5.74) is 2.99. The number of benzene rings is 2. The van der Waals surface area contributed by atoms with Gasteiger partial charge in [-0.2, -0.15) is 0 Å². The number of fused-ring (bicyclic) bond motifs is 7. The third-order valence-electron chi connectivity index (χ3n) is 8.33. The highest BCUT2D eigenvalue weighted by molar-refractivity contribution is 6.26. The van der Waals surface area contributed by atoms with Gasteiger partial charge in [-0.25, -0.2) is 4.90 Å². The monoisotopic (exact) mass is 460 g/mol. The molecular weight excluding hydrogens is 436 g/mol. The van der Waals surface area contributed by atoms with Crippen LogP contribution < -0.4 is 10.2 Å². The minimum atomic E-state index is -1.23. The highest BCUT2D eigenvalue weighted by atomic mass is 16.6. The third kappa shape index (κ3) is 2.30. The summed E-state index contributed by atoms with van der Waals surface area (Å²) in [6, 6.07) is 7.81. The Balaban J connectivity index is 1.54. The molecule has 1 spiro atoms. The lowest BCUT2D eigenvalue weighted by molar-refractivity contribution is -0.384. The number of rotatable bonds is 2. The van der Waals surface area contributed by atoms with Crippen molar-refractivity contribution in [2.24, 2.45) is 11.8 Å². The molecule has 2 aromatic carbocycles. The Morgan fingerprint density at radius 2 is 1.82 bits per heavy atom. The molecule has 4 heterocycles. The molecule has 0 aliphatic carbocycles. The van der Waals surface area contributed by atoms with E-state index >= 15 is 0 Å². The summed E-state index contributed by atoms with van der Waals surface area (Å²) in [6.45, 7) is 6.23. The first-order valence-corrected chi connectivity index (χ1v) is 11.5. The van der Waals surface area contributed by atoms with E-state index in [0.29, 0.717) is 17.8 Å². The zero-order valence-corrected chi connectivity index (χ0v) is 19.1. The maximum atomic E-state index is 14.0. The molecule has 6 rings (SSSR count). The number of non-ortho nitro benzene ring substituents is 1. The summed E-state index contributed by atoms with van der Waals surface area (Å²) in [4.78, 5) is 55.5. The highest BCUT2D eigenvalue weighted by Gasteiger charge is 2.74. The lowest BCUT2D eigenvalue weighted by Gasteiger charge is -2.36. The summed E-state index contributed by atoms with van der Waals surface area (Å²) >= 11 is 0. The SMILES string of the molecule is Cc1cc([N+](=O)[O-])ccc1N1C(=O)[C@H]2[C@@H](C1=O)[C@@]1(C(=O)Nc3c1ccc(C)c3C)N1CCC[C@@H]21. The Bertz CT molecular complexity index is 1340. The molecule has 0 radical (unpaired) electrons. The zero-order valence-electron chi connectivity index (χ0n) is 19.1. The van der Waals surface area contributed by atoms with E-state index in [0.717, 1.165) is 40.1 Å². The van der Waals surface area contributed by atoms with Crippen molar-refractivity contribution in [2.45, 2.75) is 45.2 Å². The van der Waals surface area contributed by atoms with Gasteiger partial charge in [0, 0.05) is 29.4 Å². The number of nitrogens with zero attached hydrogens (tertiary/aromatic N) is 3. The second-order valence-corrected chi connectivity index (χ2v) is 9.80. The van der Waals surface area contributed by atoms with E-state index in [1.165, 1.54) is 18.2 Å². The van der Waals surface area contributed by atoms with E-state index in [-0.39, 0.29) is 23.5 Å². The van der Waals surface area contributed by atoms with Crippen LogP contribution >= 0.6 is 0 Å². The Morgan fingerprint density at radius 1 is 1.06 bits per heavy atom. The van der Waals surface area contributed by atoms with Gasteiger partial charge in [-0.1, -0.05) is 12.1 Å². The van der Waals surface area contributed by atoms with Crippen LogP contribution in [0.15, 0.2) is 30.3 Å². The normalized spacial score (nSPS) is 29.6. The first kappa shape index (κ1) is 21.0. The molecule has 1 N–H and O–H groups in total. The van der Waals surface area contributed by atoms with Crippen LogP contribution in [0.5, 0.6) is 0 Å². The van der Waals surface area contributed by atoms with E-state index in [9.17, 15) is 24.5 Å². The number of carbonyl (C=O) groups excluding carboxylic acids is 3. The average molecular weight is 460 g/mol. The molecule has 4 atom stereocenters. The second-order valence-electron chi connectivity index (χ2n) is 9.80. The highest BCUT2D eigenvalue weighted by Crippen LogP contribution is 2.61. The summed E-state index contributed by atoms with van der Waals surface area (Å²) in [5.74, 6) is -2.47. The van der Waals surface area contributed by atoms with Crippen LogP contribution in [-0.2, 0) is 19.9 Å². The number of amides is 3. The number of nitro benzene ring substituents is 1. The van der Waals surface area contributed by atoms with Gasteiger partial charge in [0.25, 0.3) is 5.69 Å². The molecule has 9 nitrogen and oxygen atoms in total. The number of hydrogen-bond acceptors (Lipinski definition) is 6. The predicted octanol–water partition coefficient (Wildman–Crippen LogP) is 2.95. The van der Waals surface area contributed by atoms with Crippen LogP contribution in [-0.4, -0.2) is 40.1 Å². The number of imide groups is 1. The van der Waals surface area contributed by atoms with E-state index in [1.807, 2.05) is 26.0 Å². The Hall–Kier alpha value is -3.59. The fraction of sp³-hybridized carbons (Fsp3) is 0.400. The number of carbonyl (C=O) groups is 3. The molecule has 0 bridgehead atoms. The van der Waals surface area contributed by atoms with Crippen LogP contribution in [0, 0.1) is 42.7 Å². The van der Waals surface area contributed by atoms with E-state index < -0.39 is 28.2 Å². The zero-order chi connectivity index (χ0) is 24.1. The summed E-state index contributed by atoms with van der Waals surface area (Å²) in [7, 11) is 0. The van der Waals surface area contributed by atoms with Crippen LogP contribution in [0.3, 0.4) is 0 Å². The maximum absolute atomic E-state index is 14.0. The van der Waals surface area contributed by atoms with Gasteiger partial charge in [0.15, 0.2) is 0 Å². The largest absolute Gasteiger partial charge is 0.324 e. The molecule has 34 heavy (non-hydrogen) atoms. The van der Waals surface area contributed by atoms with Crippen LogP contribution in [0.1, 0.15) is 35.1 Å². The van der Waals surface area contributed by atoms with E-state index in [4.69, 9.17) is 0 Å². The van der Waals surface area contributed by atoms with Crippen LogP contribution in [0.4, 0.5) is 17.1 Å². The van der Waals surface area contributed by atoms with Gasteiger partial charge in [-0.3, -0.25) is 29.4 Å². The van der Waals surface area contributed by atoms with Gasteiger partial charge in [-0.15, -0.1) is 0 Å². The first-order valence-electron chi connectivity index (χ1n) is 11.5. The number of nitrogens with one attached hydrogen (secondary N) is 1. The first-order chi connectivity index (χ1) is 16.2. The van der Waals surface area contributed by atoms with Crippen molar-refractivity contribution in [3.8, 4) is 0 Å². The molecule has 0 saturated carbocycles. The summed E-state index contributed by atoms with van der Waals surface area (Å²) in [5, 5.41) is 14.2. The molecule has 3 fully saturated rings. The molecule has 0 unspecified atom stereocenters. The standard InChI is InChI=1S/C25H24N4O5/c1-12-6-8-16-21(14(12)3)26-24(32)25(16)20-19(18-5-4-10-27(18)25)22(30)28(23(20)31)17-9-7-15(29(33)34)11-13(17)2/h6-9,11,18-20H,4-5,10H2,1-3H3,(H,26,32)/t18-,19+,20-,25-/m0/s1. The molecule has 0 aromatic heterocycles. The van der Waals surface area contributed by atoms with Crippen molar-refractivity contribution < 1.29 is 19.3 Å². The van der Waals surface area contributed by atoms with Gasteiger partial charge < -0.3 is 5.32 Å². The number of aryl methyl sites for hydroxylation is 2. The topological polar surface area (TPSA) is 113 Å². The van der Waals surface area contributed by atoms with Gasteiger partial charge >= 0.3 is 0 Å². The van der Waals surface area contributed by atoms with E-state index in [2.05, 4.69) is 10.2 Å². The second kappa shape index (κ2) is 6.73. The molecule has 3 amide bonds. The van der Waals surface area contributed by atoms with Crippen molar-refractivity contribution >= 4 is 34.8 Å². The Labute approximate surface area is 195 Å². The van der Waals surface area contributed by atoms with Crippen molar-refractivity contribution in [3.05, 3.63) is 62.7 Å². The van der Waals surface area contributed by atoms with Crippen molar-refractivity contribution in [1.82, 2.24) is 4.90 Å². The van der Waals surface area contributed by atoms with Crippen molar-refractivity contribution in [2.75, 3.05) is 16.8 Å². The summed E-state index contributed by atoms with van der Waals surface area (Å²) < 4.78 is 0. The van der Waals surface area contributed by atoms with Gasteiger partial charge in [0.1, 0.15) is 5.54 Å². The molecule has 4 aliphatic rings. The number of anilines is 2. The van der Waals surface area contributed by atoms with Crippen LogP contribution in [0.25, 0.3) is 0 Å². The molecule has 9 heteroatoms. The maximum Gasteiger partial charge on any atom is 0.269 e. The predicted molar refractivity (Wildman–Crippen MR) is 123 cm³/mol. The quantitative estimate of drug-likeness (QED) is 0.419. The molecule has 3 saturated heterocycles. The Morgan fingerprint density at radius 3 is 2.53 bits per heavy atom. The van der Waals surface area contributed by atoms with E-state index in [1.54, 1.807) is 6.92 Å². The molecule has 4 aliphatic heterocycles. The lowest BCUT2D eigenvalue weighted by atomic mass is 9.75. The van der Waals surface area contributed by atoms with Gasteiger partial charge in [0.05, 0.1) is 22.4 Å². The number of hydrogen-bond donors (Lipinski definition) is 1. The third-order valence-corrected chi connectivity index (χ3v) is 8.33. The number of nitro groups is 1. The van der Waals surface area contributed by atoms with Crippen molar-refractivity contribution in [1.29, 1.82) is 0 Å². The molecular formula is C25H24N4O5. The summed E-state index contributed by atoms with van der Waals surface area (Å²) in [6.07, 6.45) is 1.59. The fourth-order valence-electron chi connectivity index (χ4n) is 6.76. The smallest absolute Gasteiger partial charge is 0.269 e. The minimum absolute atomic E-state index is 0.103. The van der Waals surface area contributed by atoms with Gasteiger partial charge in [-0.05, 0) is 62.9 Å². The van der Waals surface area contributed by atoms with Crippen LogP contribution in [0.2, 0.25) is 0 Å². The fourth-order valence-corrected chi connectivity index (χ4v) is 6.76.